The van der Waals surface area contributed by atoms with Crippen molar-refractivity contribution in [2.45, 2.75) is 231 Å². The lowest BCUT2D eigenvalue weighted by atomic mass is 10.0. The lowest BCUT2D eigenvalue weighted by Crippen LogP contribution is -1.88. The lowest BCUT2D eigenvalue weighted by Gasteiger charge is -2.05. The standard InChI is InChI=1S/C38H77O3PS2/c39-42(40,41)37-35-33-31-29-27-25-23-21-19-17-15-13-11-9-7-5-3-1-2-4-6-8-10-12-14-16-18-20-22-24-26-28-30-32-34-36-38(43)44/h1-37H2,(H,43,44)(H2,39,40,41). The minimum atomic E-state index is -3.77. The van der Waals surface area contributed by atoms with Gasteiger partial charge in [0.25, 0.3) is 0 Å². The SMILES string of the molecule is O=P(O)(O)CCCCCCCCCCCCCCCCCCCCCCCCCCCCCCCCCCCCCC(=S)S. The molecule has 0 bridgehead atoms. The molecule has 0 aromatic carbocycles. The summed E-state index contributed by atoms with van der Waals surface area (Å²) in [4.78, 5) is 17.7. The molecule has 0 spiro atoms. The van der Waals surface area contributed by atoms with E-state index in [0.29, 0.717) is 6.42 Å². The Morgan fingerprint density at radius 1 is 0.364 bits per heavy atom. The average Bonchev–Trinajstić information content (AvgIpc) is 2.98. The minimum Gasteiger partial charge on any atom is -0.324 e. The van der Waals surface area contributed by atoms with E-state index in [4.69, 9.17) is 22.0 Å². The van der Waals surface area contributed by atoms with E-state index >= 15 is 0 Å². The van der Waals surface area contributed by atoms with Crippen LogP contribution < -0.4 is 0 Å². The van der Waals surface area contributed by atoms with E-state index in [0.717, 1.165) is 23.5 Å². The number of hydrogen-bond donors (Lipinski definition) is 3. The highest BCUT2D eigenvalue weighted by Gasteiger charge is 2.10. The zero-order chi connectivity index (χ0) is 32.2. The molecule has 0 fully saturated rings. The van der Waals surface area contributed by atoms with E-state index in [2.05, 4.69) is 12.6 Å². The zero-order valence-corrected chi connectivity index (χ0v) is 31.9. The summed E-state index contributed by atoms with van der Waals surface area (Å²) in [6.07, 6.45) is 49.0. The van der Waals surface area contributed by atoms with Crippen LogP contribution in [0.3, 0.4) is 0 Å². The molecule has 0 unspecified atom stereocenters. The smallest absolute Gasteiger partial charge is 0.324 e. The third kappa shape index (κ3) is 42.6. The van der Waals surface area contributed by atoms with Gasteiger partial charge in [-0.1, -0.05) is 224 Å². The van der Waals surface area contributed by atoms with E-state index in [1.807, 2.05) is 0 Å². The maximum Gasteiger partial charge on any atom is 0.325 e. The molecular weight excluding hydrogens is 600 g/mol. The number of rotatable bonds is 38. The quantitative estimate of drug-likeness (QED) is 0.0264. The summed E-state index contributed by atoms with van der Waals surface area (Å²) < 4.78 is 11.7. The van der Waals surface area contributed by atoms with Gasteiger partial charge in [-0.25, -0.2) is 0 Å². The molecule has 264 valence electrons. The topological polar surface area (TPSA) is 57.5 Å². The summed E-state index contributed by atoms with van der Waals surface area (Å²) >= 11 is 9.21. The molecule has 0 aliphatic carbocycles. The third-order valence-corrected chi connectivity index (χ3v) is 10.7. The molecule has 0 radical (unpaired) electrons. The van der Waals surface area contributed by atoms with Crippen LogP contribution in [-0.4, -0.2) is 20.1 Å². The average molecular weight is 677 g/mol. The Kier molecular flexibility index (Phi) is 36.9. The third-order valence-electron chi connectivity index (χ3n) is 9.34. The Balaban J connectivity index is 3.06. The van der Waals surface area contributed by atoms with Gasteiger partial charge in [0.1, 0.15) is 0 Å². The van der Waals surface area contributed by atoms with Crippen molar-refractivity contribution in [2.24, 2.45) is 0 Å². The van der Waals surface area contributed by atoms with Gasteiger partial charge in [-0.3, -0.25) is 4.57 Å². The molecule has 0 amide bonds. The number of thiol groups is 1. The van der Waals surface area contributed by atoms with E-state index in [1.165, 1.54) is 205 Å². The highest BCUT2D eigenvalue weighted by Crippen LogP contribution is 2.35. The Hall–Kier alpha value is 0.590. The second kappa shape index (κ2) is 36.4. The predicted octanol–water partition coefficient (Wildman–Crippen LogP) is 14.5. The summed E-state index contributed by atoms with van der Waals surface area (Å²) in [6, 6.07) is 0. The molecule has 44 heavy (non-hydrogen) atoms. The molecule has 0 saturated carbocycles. The van der Waals surface area contributed by atoms with Crippen LogP contribution in [0.1, 0.15) is 231 Å². The van der Waals surface area contributed by atoms with Gasteiger partial charge >= 0.3 is 7.60 Å². The van der Waals surface area contributed by atoms with Crippen molar-refractivity contribution in [2.75, 3.05) is 6.16 Å². The molecule has 6 heteroatoms. The molecule has 0 aromatic heterocycles. The van der Waals surface area contributed by atoms with Crippen molar-refractivity contribution in [1.82, 2.24) is 0 Å². The monoisotopic (exact) mass is 677 g/mol. The van der Waals surface area contributed by atoms with Crippen LogP contribution >= 0.6 is 32.4 Å². The van der Waals surface area contributed by atoms with E-state index < -0.39 is 7.60 Å². The highest BCUT2D eigenvalue weighted by atomic mass is 32.1. The van der Waals surface area contributed by atoms with E-state index in [9.17, 15) is 4.57 Å². The van der Waals surface area contributed by atoms with Gasteiger partial charge in [0, 0.05) is 10.4 Å². The second-order valence-electron chi connectivity index (χ2n) is 13.9. The van der Waals surface area contributed by atoms with Crippen LogP contribution in [0.4, 0.5) is 0 Å². The number of unbranched alkanes of at least 4 members (excludes halogenated alkanes) is 34. The molecule has 0 aliphatic rings. The van der Waals surface area contributed by atoms with Crippen LogP contribution in [0.5, 0.6) is 0 Å². The van der Waals surface area contributed by atoms with Crippen molar-refractivity contribution in [3.63, 3.8) is 0 Å². The summed E-state index contributed by atoms with van der Waals surface area (Å²) in [5.41, 5.74) is 0. The lowest BCUT2D eigenvalue weighted by molar-refractivity contribution is 0.370. The van der Waals surface area contributed by atoms with E-state index in [-0.39, 0.29) is 6.16 Å². The molecule has 0 saturated heterocycles. The van der Waals surface area contributed by atoms with Crippen LogP contribution in [0.15, 0.2) is 0 Å². The first kappa shape index (κ1) is 44.6. The fraction of sp³-hybridized carbons (Fsp3) is 0.974. The maximum atomic E-state index is 10.8. The van der Waals surface area contributed by atoms with E-state index in [1.54, 1.807) is 0 Å². The first-order chi connectivity index (χ1) is 21.4. The van der Waals surface area contributed by atoms with Crippen molar-refractivity contribution < 1.29 is 14.4 Å². The molecule has 3 nitrogen and oxygen atoms in total. The van der Waals surface area contributed by atoms with Crippen molar-refractivity contribution in [1.29, 1.82) is 0 Å². The Morgan fingerprint density at radius 2 is 0.523 bits per heavy atom. The Bertz CT molecular complexity index is 625. The fourth-order valence-corrected chi connectivity index (χ4v) is 7.37. The normalized spacial score (nSPS) is 11.9. The van der Waals surface area contributed by atoms with Crippen LogP contribution in [0, 0.1) is 0 Å². The number of hydrogen-bond acceptors (Lipinski definition) is 2. The predicted molar refractivity (Wildman–Crippen MR) is 205 cm³/mol. The van der Waals surface area contributed by atoms with Gasteiger partial charge in [-0.15, -0.1) is 12.6 Å². The van der Waals surface area contributed by atoms with Crippen molar-refractivity contribution >= 4 is 36.6 Å². The molecule has 0 heterocycles. The van der Waals surface area contributed by atoms with Gasteiger partial charge in [0.2, 0.25) is 0 Å². The Labute approximate surface area is 287 Å². The zero-order valence-electron chi connectivity index (χ0n) is 29.3. The van der Waals surface area contributed by atoms with Gasteiger partial charge in [-0.2, -0.15) is 0 Å². The fourth-order valence-electron chi connectivity index (χ4n) is 6.43. The summed E-state index contributed by atoms with van der Waals surface area (Å²) in [5.74, 6) is 0. The van der Waals surface area contributed by atoms with Crippen molar-refractivity contribution in [3.8, 4) is 0 Å². The molecule has 0 atom stereocenters. The largest absolute Gasteiger partial charge is 0.325 e. The summed E-state index contributed by atoms with van der Waals surface area (Å²) in [7, 11) is -3.77. The molecular formula is C38H77O3PS2. The molecule has 0 aliphatic heterocycles. The van der Waals surface area contributed by atoms with Gasteiger partial charge in [-0.05, 0) is 19.3 Å². The summed E-state index contributed by atoms with van der Waals surface area (Å²) in [6.45, 7) is 0. The first-order valence-electron chi connectivity index (χ1n) is 19.7. The van der Waals surface area contributed by atoms with Gasteiger partial charge in [0.15, 0.2) is 0 Å². The van der Waals surface area contributed by atoms with Crippen LogP contribution in [0.25, 0.3) is 0 Å². The number of thiocarbonyl (C=S) groups is 1. The van der Waals surface area contributed by atoms with Gasteiger partial charge in [0.05, 0.1) is 0 Å². The molecule has 0 rings (SSSR count). The van der Waals surface area contributed by atoms with Crippen LogP contribution in [-0.2, 0) is 4.57 Å². The minimum absolute atomic E-state index is 0.0598. The Morgan fingerprint density at radius 3 is 0.682 bits per heavy atom. The van der Waals surface area contributed by atoms with Gasteiger partial charge < -0.3 is 9.79 Å². The summed E-state index contributed by atoms with van der Waals surface area (Å²) in [5, 5.41) is 0. The molecule has 2 N–H and O–H groups in total. The second-order valence-corrected chi connectivity index (χ2v) is 17.0. The van der Waals surface area contributed by atoms with Crippen LogP contribution in [0.2, 0.25) is 0 Å². The highest BCUT2D eigenvalue weighted by molar-refractivity contribution is 8.11. The molecule has 0 aromatic rings. The van der Waals surface area contributed by atoms with Crippen molar-refractivity contribution in [3.05, 3.63) is 0 Å². The maximum absolute atomic E-state index is 10.8. The first-order valence-corrected chi connectivity index (χ1v) is 22.3.